The second kappa shape index (κ2) is 24.0. The third-order valence-corrected chi connectivity index (χ3v) is 5.53. The van der Waals surface area contributed by atoms with Crippen molar-refractivity contribution in [2.24, 2.45) is 5.11 Å². The van der Waals surface area contributed by atoms with Crippen molar-refractivity contribution in [2.75, 3.05) is 19.8 Å². The fraction of sp³-hybridized carbons (Fsp3) is 0.923. The van der Waals surface area contributed by atoms with Crippen LogP contribution in [0.2, 0.25) is 0 Å². The Hall–Kier alpha value is -1.11. The van der Waals surface area contributed by atoms with Crippen molar-refractivity contribution in [3.63, 3.8) is 0 Å². The number of azide groups is 1. The predicted molar refractivity (Wildman–Crippen MR) is 136 cm³/mol. The van der Waals surface area contributed by atoms with Crippen LogP contribution in [-0.2, 0) is 18.9 Å². The van der Waals surface area contributed by atoms with Gasteiger partial charge >= 0.3 is 0 Å². The van der Waals surface area contributed by atoms with Crippen LogP contribution >= 0.6 is 0 Å². The van der Waals surface area contributed by atoms with Gasteiger partial charge in [-0.2, -0.15) is 0 Å². The minimum absolute atomic E-state index is 0.220. The first-order valence-corrected chi connectivity index (χ1v) is 13.3. The van der Waals surface area contributed by atoms with Gasteiger partial charge in [0.05, 0.1) is 18.8 Å². The Bertz CT molecular complexity index is 498. The zero-order valence-corrected chi connectivity index (χ0v) is 22.0. The van der Waals surface area contributed by atoms with Crippen LogP contribution in [0.25, 0.3) is 10.4 Å². The van der Waals surface area contributed by atoms with E-state index in [0.717, 1.165) is 12.8 Å². The number of ether oxygens (including phenoxy) is 4. The maximum Gasteiger partial charge on any atom is 0.155 e. The highest BCUT2D eigenvalue weighted by atomic mass is 16.7. The zero-order valence-electron chi connectivity index (χ0n) is 22.0. The molecule has 0 radical (unpaired) electrons. The summed E-state index contributed by atoms with van der Waals surface area (Å²) in [5.74, 6) is 0. The van der Waals surface area contributed by atoms with Gasteiger partial charge in [0, 0.05) is 18.1 Å². The number of hydrogen-bond acceptors (Lipinski definition) is 5. The maximum absolute atomic E-state index is 9.04. The molecule has 0 rings (SSSR count). The summed E-state index contributed by atoms with van der Waals surface area (Å²) in [7, 11) is 0. The maximum atomic E-state index is 9.04. The molecule has 194 valence electrons. The van der Waals surface area contributed by atoms with E-state index in [4.69, 9.17) is 24.5 Å². The number of allylic oxidation sites excluding steroid dienone is 1. The molecule has 0 N–H and O–H groups in total. The molecule has 0 aromatic carbocycles. The average molecular weight is 470 g/mol. The standard InChI is InChI=1S/C26H51N3O4/c1-6-9-10-11-12-13-14-15-16-17-18-19-20-21-26(33-24(5)31-8-3)25(28-29-27)22-32-23(4)30-7-2/h20-21,23-26H,6-19,22H2,1-5H3/b21-20-/t23?,24?,25-,26+/m1/s1. The van der Waals surface area contributed by atoms with Crippen LogP contribution in [0.15, 0.2) is 17.3 Å². The highest BCUT2D eigenvalue weighted by Crippen LogP contribution is 2.15. The molecule has 0 aromatic rings. The monoisotopic (exact) mass is 469 g/mol. The highest BCUT2D eigenvalue weighted by molar-refractivity contribution is 4.97. The molecular formula is C26H51N3O4. The molecule has 2 unspecified atom stereocenters. The fourth-order valence-corrected chi connectivity index (χ4v) is 3.69. The van der Waals surface area contributed by atoms with Crippen molar-refractivity contribution in [3.8, 4) is 0 Å². The number of unbranched alkanes of at least 4 members (excludes halogenated alkanes) is 11. The van der Waals surface area contributed by atoms with Gasteiger partial charge in [0.2, 0.25) is 0 Å². The van der Waals surface area contributed by atoms with Crippen molar-refractivity contribution >= 4 is 0 Å². The van der Waals surface area contributed by atoms with Gasteiger partial charge in [0.15, 0.2) is 12.6 Å². The molecule has 4 atom stereocenters. The van der Waals surface area contributed by atoms with Crippen molar-refractivity contribution in [2.45, 2.75) is 136 Å². The lowest BCUT2D eigenvalue weighted by molar-refractivity contribution is -0.166. The number of hydrogen-bond donors (Lipinski definition) is 0. The fourth-order valence-electron chi connectivity index (χ4n) is 3.69. The van der Waals surface area contributed by atoms with Gasteiger partial charge < -0.3 is 18.9 Å². The van der Waals surface area contributed by atoms with Gasteiger partial charge in [-0.1, -0.05) is 88.4 Å². The molecule has 33 heavy (non-hydrogen) atoms. The van der Waals surface area contributed by atoms with E-state index in [1.807, 2.05) is 33.8 Å². The summed E-state index contributed by atoms with van der Waals surface area (Å²) in [5, 5.41) is 3.92. The largest absolute Gasteiger partial charge is 0.353 e. The lowest BCUT2D eigenvalue weighted by Gasteiger charge is -2.25. The Morgan fingerprint density at radius 3 is 1.85 bits per heavy atom. The SMILES string of the molecule is CCCCCCCCCCCCC/C=C\[C@H](OC(C)OCC)[C@@H](COC(C)OCC)N=[N+]=[N-]. The second-order valence-electron chi connectivity index (χ2n) is 8.50. The van der Waals surface area contributed by atoms with Gasteiger partial charge in [-0.15, -0.1) is 0 Å². The molecule has 0 aliphatic heterocycles. The number of rotatable bonds is 24. The summed E-state index contributed by atoms with van der Waals surface area (Å²) in [5.41, 5.74) is 9.04. The molecule has 0 saturated carbocycles. The van der Waals surface area contributed by atoms with E-state index in [1.54, 1.807) is 0 Å². The van der Waals surface area contributed by atoms with Crippen LogP contribution in [0.4, 0.5) is 0 Å². The first kappa shape index (κ1) is 31.9. The van der Waals surface area contributed by atoms with E-state index in [-0.39, 0.29) is 12.9 Å². The molecule has 0 aliphatic carbocycles. The van der Waals surface area contributed by atoms with Gasteiger partial charge in [-0.05, 0) is 46.1 Å². The molecule has 0 bridgehead atoms. The third kappa shape index (κ3) is 20.0. The van der Waals surface area contributed by atoms with E-state index < -0.39 is 18.4 Å². The van der Waals surface area contributed by atoms with Gasteiger partial charge in [0.25, 0.3) is 0 Å². The van der Waals surface area contributed by atoms with Crippen LogP contribution in [0.1, 0.15) is 112 Å². The molecule has 7 nitrogen and oxygen atoms in total. The Balaban J connectivity index is 4.39. The molecule has 0 spiro atoms. The van der Waals surface area contributed by atoms with Crippen LogP contribution < -0.4 is 0 Å². The van der Waals surface area contributed by atoms with E-state index in [2.05, 4.69) is 23.0 Å². The Morgan fingerprint density at radius 1 is 0.758 bits per heavy atom. The highest BCUT2D eigenvalue weighted by Gasteiger charge is 2.22. The molecule has 0 saturated heterocycles. The molecule has 0 fully saturated rings. The minimum Gasteiger partial charge on any atom is -0.353 e. The zero-order chi connectivity index (χ0) is 24.6. The van der Waals surface area contributed by atoms with Gasteiger partial charge in [-0.3, -0.25) is 0 Å². The van der Waals surface area contributed by atoms with Crippen LogP contribution in [0.3, 0.4) is 0 Å². The molecule has 7 heteroatoms. The second-order valence-corrected chi connectivity index (χ2v) is 8.50. The summed E-state index contributed by atoms with van der Waals surface area (Å²) in [6.07, 6.45) is 18.6. The topological polar surface area (TPSA) is 85.7 Å². The van der Waals surface area contributed by atoms with E-state index in [1.165, 1.54) is 64.2 Å². The molecule has 0 aliphatic rings. The summed E-state index contributed by atoms with van der Waals surface area (Å²) in [6.45, 7) is 11.1. The summed E-state index contributed by atoms with van der Waals surface area (Å²) in [6, 6.07) is -0.491. The van der Waals surface area contributed by atoms with Crippen molar-refractivity contribution in [1.82, 2.24) is 0 Å². The first-order chi connectivity index (χ1) is 16.1. The van der Waals surface area contributed by atoms with E-state index in [0.29, 0.717) is 13.2 Å². The lowest BCUT2D eigenvalue weighted by Crippen LogP contribution is -2.34. The minimum atomic E-state index is -0.491. The van der Waals surface area contributed by atoms with Crippen molar-refractivity contribution in [1.29, 1.82) is 0 Å². The Morgan fingerprint density at radius 2 is 1.30 bits per heavy atom. The van der Waals surface area contributed by atoms with Crippen LogP contribution in [-0.4, -0.2) is 44.5 Å². The molecule has 0 heterocycles. The van der Waals surface area contributed by atoms with Crippen molar-refractivity contribution in [3.05, 3.63) is 22.6 Å². The molecule has 0 amide bonds. The molecule has 0 aromatic heterocycles. The molecular weight excluding hydrogens is 418 g/mol. The predicted octanol–water partition coefficient (Wildman–Crippen LogP) is 8.09. The average Bonchev–Trinajstić information content (AvgIpc) is 2.79. The van der Waals surface area contributed by atoms with Crippen LogP contribution in [0, 0.1) is 0 Å². The quantitative estimate of drug-likeness (QED) is 0.0357. The first-order valence-electron chi connectivity index (χ1n) is 13.3. The Kier molecular flexibility index (Phi) is 23.2. The van der Waals surface area contributed by atoms with E-state index in [9.17, 15) is 0 Å². The van der Waals surface area contributed by atoms with Gasteiger partial charge in [-0.25, -0.2) is 0 Å². The Labute approximate surface area is 203 Å². The summed E-state index contributed by atoms with van der Waals surface area (Å²) < 4.78 is 22.6. The smallest absolute Gasteiger partial charge is 0.155 e. The summed E-state index contributed by atoms with van der Waals surface area (Å²) in [4.78, 5) is 3.00. The lowest BCUT2D eigenvalue weighted by atomic mass is 10.0. The van der Waals surface area contributed by atoms with Gasteiger partial charge in [0.1, 0.15) is 0 Å². The number of nitrogens with zero attached hydrogens (tertiary/aromatic N) is 3. The normalized spacial score (nSPS) is 15.3. The third-order valence-electron chi connectivity index (χ3n) is 5.53. The van der Waals surface area contributed by atoms with Crippen molar-refractivity contribution < 1.29 is 18.9 Å². The van der Waals surface area contributed by atoms with Crippen LogP contribution in [0.5, 0.6) is 0 Å². The van der Waals surface area contributed by atoms with E-state index >= 15 is 0 Å². The summed E-state index contributed by atoms with van der Waals surface area (Å²) >= 11 is 0.